The highest BCUT2D eigenvalue weighted by molar-refractivity contribution is 6.30. The van der Waals surface area contributed by atoms with Gasteiger partial charge in [0.25, 0.3) is 0 Å². The van der Waals surface area contributed by atoms with Crippen LogP contribution >= 0.6 is 23.2 Å². The molecule has 0 unspecified atom stereocenters. The lowest BCUT2D eigenvalue weighted by Crippen LogP contribution is -1.84. The van der Waals surface area contributed by atoms with Crippen LogP contribution in [0.2, 0.25) is 10.0 Å². The Morgan fingerprint density at radius 1 is 0.867 bits per heavy atom. The van der Waals surface area contributed by atoms with Crippen LogP contribution in [-0.2, 0) is 0 Å². The fraction of sp³-hybridized carbons (Fsp3) is 0. The van der Waals surface area contributed by atoms with Gasteiger partial charge in [0.2, 0.25) is 0 Å². The van der Waals surface area contributed by atoms with E-state index in [2.05, 4.69) is 4.98 Å². The predicted molar refractivity (Wildman–Crippen MR) is 60.8 cm³/mol. The van der Waals surface area contributed by atoms with Gasteiger partial charge in [-0.05, 0) is 24.3 Å². The van der Waals surface area contributed by atoms with Crippen molar-refractivity contribution in [3.8, 4) is 11.5 Å². The molecule has 0 bridgehead atoms. The molecule has 0 aliphatic rings. The highest BCUT2D eigenvalue weighted by Gasteiger charge is 1.98. The number of pyridine rings is 1. The quantitative estimate of drug-likeness (QED) is 0.785. The van der Waals surface area contributed by atoms with Crippen LogP contribution in [-0.4, -0.2) is 4.98 Å². The first-order chi connectivity index (χ1) is 7.24. The zero-order valence-electron chi connectivity index (χ0n) is 7.65. The van der Waals surface area contributed by atoms with E-state index in [1.165, 1.54) is 0 Å². The first-order valence-corrected chi connectivity index (χ1v) is 5.03. The third-order valence-corrected chi connectivity index (χ3v) is 2.19. The van der Waals surface area contributed by atoms with Crippen molar-refractivity contribution in [1.29, 1.82) is 0 Å². The minimum atomic E-state index is 0.543. The van der Waals surface area contributed by atoms with Crippen LogP contribution in [0, 0.1) is 0 Å². The molecule has 0 N–H and O–H groups in total. The Labute approximate surface area is 97.4 Å². The molecule has 0 aliphatic heterocycles. The molecule has 1 aromatic heterocycles. The first-order valence-electron chi connectivity index (χ1n) is 4.28. The molecule has 2 aromatic rings. The van der Waals surface area contributed by atoms with Crippen LogP contribution < -0.4 is 4.74 Å². The fourth-order valence-corrected chi connectivity index (χ4v) is 1.38. The van der Waals surface area contributed by atoms with Crippen molar-refractivity contribution in [3.63, 3.8) is 0 Å². The van der Waals surface area contributed by atoms with Crippen LogP contribution in [0.3, 0.4) is 0 Å². The zero-order chi connectivity index (χ0) is 10.7. The smallest absolute Gasteiger partial charge is 0.147 e. The number of aromatic nitrogens is 1. The topological polar surface area (TPSA) is 22.1 Å². The van der Waals surface area contributed by atoms with Gasteiger partial charge in [0.1, 0.15) is 11.5 Å². The summed E-state index contributed by atoms with van der Waals surface area (Å²) in [4.78, 5) is 3.91. The summed E-state index contributed by atoms with van der Waals surface area (Å²) in [6.45, 7) is 0. The van der Waals surface area contributed by atoms with Gasteiger partial charge in [-0.25, -0.2) is 0 Å². The molecule has 76 valence electrons. The van der Waals surface area contributed by atoms with Crippen LogP contribution in [0.1, 0.15) is 0 Å². The van der Waals surface area contributed by atoms with E-state index >= 15 is 0 Å². The molecule has 0 amide bonds. The number of hydrogen-bond donors (Lipinski definition) is 0. The third kappa shape index (κ3) is 2.85. The molecule has 0 fully saturated rings. The second-order valence-electron chi connectivity index (χ2n) is 2.89. The van der Waals surface area contributed by atoms with Gasteiger partial charge in [-0.3, -0.25) is 4.98 Å². The lowest BCUT2D eigenvalue weighted by Gasteiger charge is -2.04. The summed E-state index contributed by atoms with van der Waals surface area (Å²) in [5.41, 5.74) is 0. The molecule has 15 heavy (non-hydrogen) atoms. The van der Waals surface area contributed by atoms with Gasteiger partial charge >= 0.3 is 0 Å². The van der Waals surface area contributed by atoms with E-state index in [9.17, 15) is 0 Å². The summed E-state index contributed by atoms with van der Waals surface area (Å²) >= 11 is 11.5. The molecule has 0 radical (unpaired) electrons. The Hall–Kier alpha value is -1.25. The molecule has 0 spiro atoms. The summed E-state index contributed by atoms with van der Waals surface area (Å²) in [7, 11) is 0. The monoisotopic (exact) mass is 239 g/mol. The maximum atomic E-state index is 5.77. The van der Waals surface area contributed by atoms with Crippen LogP contribution in [0.25, 0.3) is 0 Å². The summed E-state index contributed by atoms with van der Waals surface area (Å²) < 4.78 is 5.51. The van der Waals surface area contributed by atoms with E-state index in [1.807, 2.05) is 0 Å². The van der Waals surface area contributed by atoms with Gasteiger partial charge in [0, 0.05) is 17.3 Å². The molecule has 0 atom stereocenters. The van der Waals surface area contributed by atoms with Crippen molar-refractivity contribution in [2.45, 2.75) is 0 Å². The summed E-state index contributed by atoms with van der Waals surface area (Å²) in [6.07, 6.45) is 3.15. The van der Waals surface area contributed by atoms with Gasteiger partial charge in [0.05, 0.1) is 11.2 Å². The van der Waals surface area contributed by atoms with Gasteiger partial charge in [-0.2, -0.15) is 0 Å². The second kappa shape index (κ2) is 4.51. The standard InChI is InChI=1S/C11H7Cl2NO/c12-8-1-3-10(4-2-8)15-11-5-9(13)6-14-7-11/h1-7H. The Morgan fingerprint density at radius 2 is 1.60 bits per heavy atom. The Morgan fingerprint density at radius 3 is 2.27 bits per heavy atom. The van der Waals surface area contributed by atoms with E-state index in [-0.39, 0.29) is 0 Å². The maximum Gasteiger partial charge on any atom is 0.147 e. The van der Waals surface area contributed by atoms with Crippen molar-refractivity contribution in [3.05, 3.63) is 52.8 Å². The Balaban J connectivity index is 2.18. The number of benzene rings is 1. The molecular formula is C11H7Cl2NO. The lowest BCUT2D eigenvalue weighted by atomic mass is 10.3. The Bertz CT molecular complexity index is 456. The van der Waals surface area contributed by atoms with Crippen LogP contribution in [0.15, 0.2) is 42.7 Å². The zero-order valence-corrected chi connectivity index (χ0v) is 9.16. The molecule has 2 rings (SSSR count). The van der Waals surface area contributed by atoms with E-state index in [0.717, 1.165) is 0 Å². The van der Waals surface area contributed by atoms with Gasteiger partial charge in [-0.15, -0.1) is 0 Å². The largest absolute Gasteiger partial charge is 0.456 e. The molecule has 0 saturated heterocycles. The fourth-order valence-electron chi connectivity index (χ4n) is 1.09. The molecule has 0 saturated carbocycles. The molecule has 1 aromatic carbocycles. The van der Waals surface area contributed by atoms with Crippen LogP contribution in [0.5, 0.6) is 11.5 Å². The second-order valence-corrected chi connectivity index (χ2v) is 3.77. The highest BCUT2D eigenvalue weighted by atomic mass is 35.5. The number of hydrogen-bond acceptors (Lipinski definition) is 2. The average molecular weight is 240 g/mol. The summed E-state index contributed by atoms with van der Waals surface area (Å²) in [6, 6.07) is 8.78. The predicted octanol–water partition coefficient (Wildman–Crippen LogP) is 4.18. The number of nitrogens with zero attached hydrogens (tertiary/aromatic N) is 1. The van der Waals surface area contributed by atoms with Crippen molar-refractivity contribution in [2.24, 2.45) is 0 Å². The van der Waals surface area contributed by atoms with Crippen molar-refractivity contribution in [1.82, 2.24) is 4.98 Å². The molecule has 2 nitrogen and oxygen atoms in total. The minimum absolute atomic E-state index is 0.543. The normalized spacial score (nSPS) is 10.0. The third-order valence-electron chi connectivity index (χ3n) is 1.73. The highest BCUT2D eigenvalue weighted by Crippen LogP contribution is 2.24. The van der Waals surface area contributed by atoms with E-state index in [4.69, 9.17) is 27.9 Å². The number of rotatable bonds is 2. The van der Waals surface area contributed by atoms with E-state index in [0.29, 0.717) is 21.5 Å². The van der Waals surface area contributed by atoms with Crippen LogP contribution in [0.4, 0.5) is 0 Å². The number of halogens is 2. The van der Waals surface area contributed by atoms with Crippen molar-refractivity contribution in [2.75, 3.05) is 0 Å². The van der Waals surface area contributed by atoms with E-state index < -0.39 is 0 Å². The summed E-state index contributed by atoms with van der Waals surface area (Å²) in [5, 5.41) is 1.22. The van der Waals surface area contributed by atoms with Gasteiger partial charge in [-0.1, -0.05) is 23.2 Å². The molecular weight excluding hydrogens is 233 g/mol. The van der Waals surface area contributed by atoms with Gasteiger partial charge in [0.15, 0.2) is 0 Å². The SMILES string of the molecule is Clc1ccc(Oc2cncc(Cl)c2)cc1. The Kier molecular flexibility index (Phi) is 3.09. The first kappa shape index (κ1) is 10.3. The average Bonchev–Trinajstić information content (AvgIpc) is 2.22. The molecule has 1 heterocycles. The lowest BCUT2D eigenvalue weighted by molar-refractivity contribution is 0.480. The minimum Gasteiger partial charge on any atom is -0.456 e. The van der Waals surface area contributed by atoms with E-state index in [1.54, 1.807) is 42.7 Å². The molecule has 4 heteroatoms. The van der Waals surface area contributed by atoms with Crippen molar-refractivity contribution < 1.29 is 4.74 Å². The number of ether oxygens (including phenoxy) is 1. The molecule has 0 aliphatic carbocycles. The van der Waals surface area contributed by atoms with Gasteiger partial charge < -0.3 is 4.74 Å². The van der Waals surface area contributed by atoms with Crippen molar-refractivity contribution >= 4 is 23.2 Å². The summed E-state index contributed by atoms with van der Waals surface area (Å²) in [5.74, 6) is 1.30. The maximum absolute atomic E-state index is 5.77.